The molecule has 0 saturated heterocycles. The molecule has 1 aromatic heterocycles. The molecular weight excluding hydrogens is 259 g/mol. The van der Waals surface area contributed by atoms with Crippen molar-refractivity contribution >= 4 is 5.69 Å². The molecule has 1 aromatic carbocycles. The van der Waals surface area contributed by atoms with Crippen molar-refractivity contribution in [2.45, 2.75) is 19.8 Å². The average Bonchev–Trinajstić information content (AvgIpc) is 2.79. The van der Waals surface area contributed by atoms with Gasteiger partial charge >= 0.3 is 6.36 Å². The molecule has 19 heavy (non-hydrogen) atoms. The average molecular weight is 271 g/mol. The standard InChI is InChI=1S/C12H12F3N3O/c1-2-18-7-9(6-17-18)8-3-4-10(16)11(5-8)19-12(13,14)15/h3-7H,2,16H2,1H3. The number of hydrogen-bond acceptors (Lipinski definition) is 3. The van der Waals surface area contributed by atoms with Crippen LogP contribution in [-0.2, 0) is 6.54 Å². The lowest BCUT2D eigenvalue weighted by Crippen LogP contribution is -2.18. The summed E-state index contributed by atoms with van der Waals surface area (Å²) in [5, 5.41) is 4.06. The van der Waals surface area contributed by atoms with Gasteiger partial charge in [-0.25, -0.2) is 0 Å². The van der Waals surface area contributed by atoms with Crippen molar-refractivity contribution in [3.8, 4) is 16.9 Å². The van der Waals surface area contributed by atoms with Gasteiger partial charge in [-0.1, -0.05) is 6.07 Å². The van der Waals surface area contributed by atoms with E-state index in [0.29, 0.717) is 17.7 Å². The van der Waals surface area contributed by atoms with Gasteiger partial charge in [0.2, 0.25) is 0 Å². The van der Waals surface area contributed by atoms with Crippen LogP contribution in [0, 0.1) is 0 Å². The summed E-state index contributed by atoms with van der Waals surface area (Å²) in [6.07, 6.45) is -1.45. The molecule has 0 unspecified atom stereocenters. The molecule has 7 heteroatoms. The molecule has 0 fully saturated rings. The molecule has 0 amide bonds. The van der Waals surface area contributed by atoms with E-state index in [0.717, 1.165) is 0 Å². The number of alkyl halides is 3. The minimum absolute atomic E-state index is 0.0658. The van der Waals surface area contributed by atoms with Crippen LogP contribution in [0.4, 0.5) is 18.9 Å². The van der Waals surface area contributed by atoms with Crippen LogP contribution in [0.5, 0.6) is 5.75 Å². The lowest BCUT2D eigenvalue weighted by molar-refractivity contribution is -0.274. The van der Waals surface area contributed by atoms with E-state index in [4.69, 9.17) is 5.73 Å². The molecule has 0 saturated carbocycles. The predicted molar refractivity (Wildman–Crippen MR) is 64.4 cm³/mol. The highest BCUT2D eigenvalue weighted by molar-refractivity contribution is 5.68. The molecular formula is C12H12F3N3O. The van der Waals surface area contributed by atoms with E-state index in [1.165, 1.54) is 12.1 Å². The van der Waals surface area contributed by atoms with E-state index < -0.39 is 12.1 Å². The number of anilines is 1. The minimum atomic E-state index is -4.76. The first-order valence-electron chi connectivity index (χ1n) is 5.57. The smallest absolute Gasteiger partial charge is 0.404 e. The Kier molecular flexibility index (Phi) is 3.37. The summed E-state index contributed by atoms with van der Waals surface area (Å²) in [6.45, 7) is 2.60. The maximum atomic E-state index is 12.2. The maximum absolute atomic E-state index is 12.2. The van der Waals surface area contributed by atoms with Gasteiger partial charge in [-0.3, -0.25) is 4.68 Å². The van der Waals surface area contributed by atoms with Crippen LogP contribution >= 0.6 is 0 Å². The first-order chi connectivity index (χ1) is 8.89. The summed E-state index contributed by atoms with van der Waals surface area (Å²) >= 11 is 0. The summed E-state index contributed by atoms with van der Waals surface area (Å²) in [4.78, 5) is 0. The van der Waals surface area contributed by atoms with Crippen LogP contribution in [0.3, 0.4) is 0 Å². The molecule has 102 valence electrons. The van der Waals surface area contributed by atoms with Gasteiger partial charge in [-0.05, 0) is 24.6 Å². The van der Waals surface area contributed by atoms with Crippen molar-refractivity contribution in [2.24, 2.45) is 0 Å². The third kappa shape index (κ3) is 3.18. The van der Waals surface area contributed by atoms with Gasteiger partial charge in [0.05, 0.1) is 11.9 Å². The van der Waals surface area contributed by atoms with E-state index in [2.05, 4.69) is 9.84 Å². The first kappa shape index (κ1) is 13.3. The highest BCUT2D eigenvalue weighted by Crippen LogP contribution is 2.32. The van der Waals surface area contributed by atoms with Crippen LogP contribution in [0.1, 0.15) is 6.92 Å². The third-order valence-corrected chi connectivity index (χ3v) is 2.53. The number of rotatable bonds is 3. The predicted octanol–water partition coefficient (Wildman–Crippen LogP) is 3.05. The van der Waals surface area contributed by atoms with E-state index in [1.807, 2.05) is 6.92 Å². The molecule has 0 spiro atoms. The Morgan fingerprint density at radius 2 is 2.05 bits per heavy atom. The molecule has 0 aliphatic heterocycles. The Bertz CT molecular complexity index is 578. The Morgan fingerprint density at radius 3 is 2.63 bits per heavy atom. The highest BCUT2D eigenvalue weighted by atomic mass is 19.4. The van der Waals surface area contributed by atoms with Gasteiger partial charge < -0.3 is 10.5 Å². The quantitative estimate of drug-likeness (QED) is 0.873. The maximum Gasteiger partial charge on any atom is 0.573 e. The molecule has 0 radical (unpaired) electrons. The zero-order valence-electron chi connectivity index (χ0n) is 10.1. The van der Waals surface area contributed by atoms with E-state index in [1.54, 1.807) is 23.1 Å². The summed E-state index contributed by atoms with van der Waals surface area (Å²) in [6, 6.07) is 4.25. The fraction of sp³-hybridized carbons (Fsp3) is 0.250. The number of benzene rings is 1. The van der Waals surface area contributed by atoms with Crippen LogP contribution in [-0.4, -0.2) is 16.1 Å². The van der Waals surface area contributed by atoms with Crippen molar-refractivity contribution in [2.75, 3.05) is 5.73 Å². The van der Waals surface area contributed by atoms with Crippen LogP contribution in [0.15, 0.2) is 30.6 Å². The molecule has 0 bridgehead atoms. The van der Waals surface area contributed by atoms with Gasteiger partial charge in [-0.2, -0.15) is 5.10 Å². The number of ether oxygens (including phenoxy) is 1. The number of nitrogen functional groups attached to an aromatic ring is 1. The zero-order valence-corrected chi connectivity index (χ0v) is 10.1. The lowest BCUT2D eigenvalue weighted by atomic mass is 10.1. The molecule has 1 heterocycles. The van der Waals surface area contributed by atoms with Gasteiger partial charge in [0.1, 0.15) is 0 Å². The number of nitrogens with zero attached hydrogens (tertiary/aromatic N) is 2. The molecule has 2 aromatic rings. The summed E-state index contributed by atoms with van der Waals surface area (Å²) in [5.74, 6) is -0.408. The van der Waals surface area contributed by atoms with Gasteiger partial charge in [-0.15, -0.1) is 13.2 Å². The number of nitrogens with two attached hydrogens (primary N) is 1. The summed E-state index contributed by atoms with van der Waals surface area (Å²) in [7, 11) is 0. The fourth-order valence-corrected chi connectivity index (χ4v) is 1.61. The Morgan fingerprint density at radius 1 is 1.32 bits per heavy atom. The number of aryl methyl sites for hydroxylation is 1. The number of hydrogen-bond donors (Lipinski definition) is 1. The Labute approximate surface area is 107 Å². The fourth-order valence-electron chi connectivity index (χ4n) is 1.61. The van der Waals surface area contributed by atoms with Crippen molar-refractivity contribution in [3.63, 3.8) is 0 Å². The van der Waals surface area contributed by atoms with Gasteiger partial charge in [0, 0.05) is 18.3 Å². The van der Waals surface area contributed by atoms with Crippen molar-refractivity contribution in [1.29, 1.82) is 0 Å². The number of halogens is 3. The largest absolute Gasteiger partial charge is 0.573 e. The van der Waals surface area contributed by atoms with E-state index in [9.17, 15) is 13.2 Å². The summed E-state index contributed by atoms with van der Waals surface area (Å²) < 4.78 is 42.2. The molecule has 4 nitrogen and oxygen atoms in total. The Balaban J connectivity index is 2.35. The van der Waals surface area contributed by atoms with E-state index in [-0.39, 0.29) is 5.69 Å². The zero-order chi connectivity index (χ0) is 14.0. The SMILES string of the molecule is CCn1cc(-c2ccc(N)c(OC(F)(F)F)c2)cn1. The van der Waals surface area contributed by atoms with Crippen molar-refractivity contribution in [1.82, 2.24) is 9.78 Å². The lowest BCUT2D eigenvalue weighted by Gasteiger charge is -2.12. The number of aromatic nitrogens is 2. The van der Waals surface area contributed by atoms with Gasteiger partial charge in [0.15, 0.2) is 5.75 Å². The molecule has 0 aliphatic rings. The normalized spacial score (nSPS) is 11.6. The molecule has 2 rings (SSSR count). The van der Waals surface area contributed by atoms with Crippen LogP contribution in [0.25, 0.3) is 11.1 Å². The second-order valence-electron chi connectivity index (χ2n) is 3.89. The third-order valence-electron chi connectivity index (χ3n) is 2.53. The second kappa shape index (κ2) is 4.83. The van der Waals surface area contributed by atoms with Gasteiger partial charge in [0.25, 0.3) is 0 Å². The topological polar surface area (TPSA) is 53.1 Å². The highest BCUT2D eigenvalue weighted by Gasteiger charge is 2.32. The van der Waals surface area contributed by atoms with E-state index >= 15 is 0 Å². The minimum Gasteiger partial charge on any atom is -0.404 e. The van der Waals surface area contributed by atoms with Crippen molar-refractivity contribution in [3.05, 3.63) is 30.6 Å². The summed E-state index contributed by atoms with van der Waals surface area (Å²) in [5.41, 5.74) is 6.66. The second-order valence-corrected chi connectivity index (χ2v) is 3.89. The van der Waals surface area contributed by atoms with Crippen LogP contribution < -0.4 is 10.5 Å². The molecule has 0 aliphatic carbocycles. The first-order valence-corrected chi connectivity index (χ1v) is 5.57. The Hall–Kier alpha value is -2.18. The monoisotopic (exact) mass is 271 g/mol. The van der Waals surface area contributed by atoms with Crippen LogP contribution in [0.2, 0.25) is 0 Å². The molecule has 2 N–H and O–H groups in total. The molecule has 0 atom stereocenters. The van der Waals surface area contributed by atoms with Crippen molar-refractivity contribution < 1.29 is 17.9 Å².